The molecule has 0 aliphatic rings. The van der Waals surface area contributed by atoms with E-state index < -0.39 is 0 Å². The number of thiazole rings is 1. The van der Waals surface area contributed by atoms with Gasteiger partial charge in [0.05, 0.1) is 6.61 Å². The third-order valence-corrected chi connectivity index (χ3v) is 3.82. The predicted octanol–water partition coefficient (Wildman–Crippen LogP) is 3.32. The Kier molecular flexibility index (Phi) is 5.59. The molecule has 1 heterocycles. The molecule has 0 saturated heterocycles. The predicted molar refractivity (Wildman–Crippen MR) is 86.1 cm³/mol. The molecule has 0 amide bonds. The highest BCUT2D eigenvalue weighted by molar-refractivity contribution is 7.09. The van der Waals surface area contributed by atoms with Gasteiger partial charge >= 0.3 is 0 Å². The lowest BCUT2D eigenvalue weighted by atomic mass is 10.1. The quantitative estimate of drug-likeness (QED) is 0.852. The minimum atomic E-state index is 0.129. The molecular formula is C16H22N2O2S. The van der Waals surface area contributed by atoms with Crippen LogP contribution in [0.15, 0.2) is 23.6 Å². The smallest absolute Gasteiger partial charge is 0.161 e. The van der Waals surface area contributed by atoms with E-state index in [9.17, 15) is 0 Å². The van der Waals surface area contributed by atoms with E-state index in [4.69, 9.17) is 15.2 Å². The number of hydrogen-bond donors (Lipinski definition) is 1. The van der Waals surface area contributed by atoms with Gasteiger partial charge in [-0.25, -0.2) is 4.98 Å². The standard InChI is InChI=1S/C16H22N2O2S/c1-4-19-15-8-13(7-11(2)17)5-6-14(15)20-9-16-18-12(3)10-21-16/h5-6,8,10-11H,4,7,9,17H2,1-3H3. The van der Waals surface area contributed by atoms with Gasteiger partial charge in [0.2, 0.25) is 0 Å². The van der Waals surface area contributed by atoms with Crippen LogP contribution in [0.4, 0.5) is 0 Å². The van der Waals surface area contributed by atoms with E-state index in [1.54, 1.807) is 11.3 Å². The highest BCUT2D eigenvalue weighted by Gasteiger charge is 2.09. The molecule has 2 aromatic rings. The van der Waals surface area contributed by atoms with Crippen molar-refractivity contribution in [1.82, 2.24) is 4.98 Å². The molecule has 2 N–H and O–H groups in total. The van der Waals surface area contributed by atoms with Crippen LogP contribution >= 0.6 is 11.3 Å². The normalized spacial score (nSPS) is 12.2. The van der Waals surface area contributed by atoms with Crippen molar-refractivity contribution >= 4 is 11.3 Å². The van der Waals surface area contributed by atoms with Gasteiger partial charge in [-0.3, -0.25) is 0 Å². The maximum absolute atomic E-state index is 5.84. The van der Waals surface area contributed by atoms with Crippen LogP contribution in [0.5, 0.6) is 11.5 Å². The van der Waals surface area contributed by atoms with Crippen molar-refractivity contribution in [3.63, 3.8) is 0 Å². The number of benzene rings is 1. The average molecular weight is 306 g/mol. The number of rotatable bonds is 7. The van der Waals surface area contributed by atoms with E-state index in [-0.39, 0.29) is 6.04 Å². The highest BCUT2D eigenvalue weighted by Crippen LogP contribution is 2.30. The van der Waals surface area contributed by atoms with Gasteiger partial charge in [0.15, 0.2) is 11.5 Å². The second-order valence-electron chi connectivity index (χ2n) is 5.07. The van der Waals surface area contributed by atoms with Crippen molar-refractivity contribution < 1.29 is 9.47 Å². The molecule has 2 rings (SSSR count). The van der Waals surface area contributed by atoms with Gasteiger partial charge in [-0.2, -0.15) is 0 Å². The lowest BCUT2D eigenvalue weighted by Crippen LogP contribution is -2.17. The summed E-state index contributed by atoms with van der Waals surface area (Å²) in [5, 5.41) is 2.99. The van der Waals surface area contributed by atoms with E-state index >= 15 is 0 Å². The Morgan fingerprint density at radius 1 is 1.29 bits per heavy atom. The van der Waals surface area contributed by atoms with Gasteiger partial charge < -0.3 is 15.2 Å². The van der Waals surface area contributed by atoms with E-state index in [1.807, 2.05) is 44.4 Å². The zero-order valence-electron chi connectivity index (χ0n) is 12.8. The SMILES string of the molecule is CCOc1cc(CC(C)N)ccc1OCc1nc(C)cs1. The summed E-state index contributed by atoms with van der Waals surface area (Å²) in [6.45, 7) is 7.01. The average Bonchev–Trinajstić information content (AvgIpc) is 2.83. The van der Waals surface area contributed by atoms with Crippen LogP contribution in [0.2, 0.25) is 0 Å². The molecule has 0 spiro atoms. The molecule has 1 atom stereocenters. The van der Waals surface area contributed by atoms with Crippen LogP contribution in [0.25, 0.3) is 0 Å². The van der Waals surface area contributed by atoms with Crippen LogP contribution in [-0.4, -0.2) is 17.6 Å². The fraction of sp³-hybridized carbons (Fsp3) is 0.438. The zero-order valence-corrected chi connectivity index (χ0v) is 13.6. The Bertz CT molecular complexity index is 581. The molecule has 1 unspecified atom stereocenters. The highest BCUT2D eigenvalue weighted by atomic mass is 32.1. The lowest BCUT2D eigenvalue weighted by Gasteiger charge is -2.13. The summed E-state index contributed by atoms with van der Waals surface area (Å²) in [6.07, 6.45) is 0.825. The summed E-state index contributed by atoms with van der Waals surface area (Å²) in [7, 11) is 0. The Labute approximate surface area is 129 Å². The van der Waals surface area contributed by atoms with Gasteiger partial charge in [-0.15, -0.1) is 11.3 Å². The van der Waals surface area contributed by atoms with Crippen LogP contribution in [-0.2, 0) is 13.0 Å². The van der Waals surface area contributed by atoms with Crippen molar-refractivity contribution in [2.45, 2.75) is 39.8 Å². The molecule has 1 aromatic carbocycles. The van der Waals surface area contributed by atoms with E-state index in [0.717, 1.165) is 34.2 Å². The first-order chi connectivity index (χ1) is 10.1. The molecule has 1 aromatic heterocycles. The molecule has 0 aliphatic carbocycles. The van der Waals surface area contributed by atoms with Crippen molar-refractivity contribution in [2.75, 3.05) is 6.61 Å². The Morgan fingerprint density at radius 2 is 2.10 bits per heavy atom. The largest absolute Gasteiger partial charge is 0.490 e. The zero-order chi connectivity index (χ0) is 15.2. The minimum Gasteiger partial charge on any atom is -0.490 e. The molecule has 114 valence electrons. The van der Waals surface area contributed by atoms with Crippen LogP contribution in [0, 0.1) is 6.92 Å². The minimum absolute atomic E-state index is 0.129. The summed E-state index contributed by atoms with van der Waals surface area (Å²) >= 11 is 1.61. The molecule has 0 saturated carbocycles. The van der Waals surface area contributed by atoms with Gasteiger partial charge in [0, 0.05) is 17.1 Å². The first kappa shape index (κ1) is 15.8. The van der Waals surface area contributed by atoms with Crippen molar-refractivity contribution in [1.29, 1.82) is 0 Å². The number of aromatic nitrogens is 1. The van der Waals surface area contributed by atoms with Gasteiger partial charge in [0.25, 0.3) is 0 Å². The topological polar surface area (TPSA) is 57.4 Å². The molecule has 0 aliphatic heterocycles. The third-order valence-electron chi connectivity index (χ3n) is 2.88. The number of aryl methyl sites for hydroxylation is 1. The molecular weight excluding hydrogens is 284 g/mol. The molecule has 0 radical (unpaired) electrons. The summed E-state index contributed by atoms with van der Waals surface area (Å²) in [4.78, 5) is 4.39. The number of nitrogens with zero attached hydrogens (tertiary/aromatic N) is 1. The lowest BCUT2D eigenvalue weighted by molar-refractivity contribution is 0.268. The molecule has 0 fully saturated rings. The van der Waals surface area contributed by atoms with Crippen molar-refractivity contribution in [2.24, 2.45) is 5.73 Å². The van der Waals surface area contributed by atoms with Crippen molar-refractivity contribution in [3.05, 3.63) is 39.8 Å². The molecule has 5 heteroatoms. The summed E-state index contributed by atoms with van der Waals surface area (Å²) in [5.74, 6) is 1.52. The summed E-state index contributed by atoms with van der Waals surface area (Å²) in [6, 6.07) is 6.12. The fourth-order valence-corrected chi connectivity index (χ4v) is 2.73. The molecule has 0 bridgehead atoms. The van der Waals surface area contributed by atoms with E-state index in [2.05, 4.69) is 4.98 Å². The van der Waals surface area contributed by atoms with E-state index in [1.165, 1.54) is 0 Å². The molecule has 21 heavy (non-hydrogen) atoms. The number of hydrogen-bond acceptors (Lipinski definition) is 5. The Balaban J connectivity index is 2.09. The monoisotopic (exact) mass is 306 g/mol. The molecule has 4 nitrogen and oxygen atoms in total. The Morgan fingerprint density at radius 3 is 2.71 bits per heavy atom. The third kappa shape index (κ3) is 4.72. The van der Waals surface area contributed by atoms with Crippen LogP contribution in [0.3, 0.4) is 0 Å². The van der Waals surface area contributed by atoms with Crippen LogP contribution in [0.1, 0.15) is 30.1 Å². The van der Waals surface area contributed by atoms with Crippen molar-refractivity contribution in [3.8, 4) is 11.5 Å². The van der Waals surface area contributed by atoms with E-state index in [0.29, 0.717) is 13.2 Å². The van der Waals surface area contributed by atoms with Gasteiger partial charge in [0.1, 0.15) is 11.6 Å². The van der Waals surface area contributed by atoms with Crippen LogP contribution < -0.4 is 15.2 Å². The fourth-order valence-electron chi connectivity index (χ4n) is 2.05. The summed E-state index contributed by atoms with van der Waals surface area (Å²) < 4.78 is 11.5. The van der Waals surface area contributed by atoms with Gasteiger partial charge in [-0.05, 0) is 44.9 Å². The second-order valence-corrected chi connectivity index (χ2v) is 6.01. The maximum Gasteiger partial charge on any atom is 0.161 e. The maximum atomic E-state index is 5.84. The van der Waals surface area contributed by atoms with Gasteiger partial charge in [-0.1, -0.05) is 6.07 Å². The first-order valence-corrected chi connectivity index (χ1v) is 8.01. The summed E-state index contributed by atoms with van der Waals surface area (Å²) in [5.41, 5.74) is 8.03. The Hall–Kier alpha value is -1.59. The number of nitrogens with two attached hydrogens (primary N) is 1. The number of ether oxygens (including phenoxy) is 2. The second kappa shape index (κ2) is 7.43. The first-order valence-electron chi connectivity index (χ1n) is 7.13.